The lowest BCUT2D eigenvalue weighted by molar-refractivity contribution is 0.281. The number of H-pyrrole nitrogens is 2. The lowest BCUT2D eigenvalue weighted by Gasteiger charge is -2.05. The summed E-state index contributed by atoms with van der Waals surface area (Å²) in [5, 5.41) is 24.0. The van der Waals surface area contributed by atoms with Gasteiger partial charge >= 0.3 is 11.7 Å². The van der Waals surface area contributed by atoms with Crippen molar-refractivity contribution < 1.29 is 14.9 Å². The minimum Gasteiger partial charge on any atom is -0.493 e. The lowest BCUT2D eigenvalue weighted by atomic mass is 10.2. The van der Waals surface area contributed by atoms with E-state index in [0.29, 0.717) is 27.8 Å². The van der Waals surface area contributed by atoms with Crippen LogP contribution in [0.15, 0.2) is 40.2 Å². The van der Waals surface area contributed by atoms with E-state index in [2.05, 4.69) is 30.0 Å². The van der Waals surface area contributed by atoms with E-state index in [-0.39, 0.29) is 30.2 Å². The molecule has 3 heterocycles. The van der Waals surface area contributed by atoms with Crippen molar-refractivity contribution in [3.05, 3.63) is 63.0 Å². The van der Waals surface area contributed by atoms with Crippen molar-refractivity contribution in [1.29, 1.82) is 0 Å². The maximum Gasteiger partial charge on any atom is 0.327 e. The van der Waals surface area contributed by atoms with Crippen LogP contribution in [0, 0.1) is 0 Å². The number of benzene rings is 1. The number of nitrogens with zero attached hydrogens (tertiary/aromatic N) is 5. The van der Waals surface area contributed by atoms with E-state index >= 15 is 0 Å². The lowest BCUT2D eigenvalue weighted by Crippen LogP contribution is -2.23. The highest BCUT2D eigenvalue weighted by atomic mass is 16.5. The molecule has 0 bridgehead atoms. The minimum absolute atomic E-state index is 0.0684. The molecule has 1 fully saturated rings. The van der Waals surface area contributed by atoms with E-state index in [1.165, 1.54) is 10.7 Å². The number of rotatable bonds is 5. The van der Waals surface area contributed by atoms with Crippen LogP contribution in [0.25, 0.3) is 11.7 Å². The van der Waals surface area contributed by atoms with Crippen LogP contribution < -0.4 is 21.3 Å². The predicted octanol–water partition coefficient (Wildman–Crippen LogP) is -0.258. The summed E-state index contributed by atoms with van der Waals surface area (Å²) in [7, 11) is 0. The van der Waals surface area contributed by atoms with Crippen LogP contribution in [0.1, 0.15) is 24.1 Å². The van der Waals surface area contributed by atoms with Gasteiger partial charge in [-0.1, -0.05) is 12.1 Å². The van der Waals surface area contributed by atoms with Gasteiger partial charge in [0, 0.05) is 5.22 Å². The molecule has 4 N–H and O–H groups in total. The van der Waals surface area contributed by atoms with Gasteiger partial charge in [0.1, 0.15) is 11.4 Å². The fraction of sp³-hybridized carbons (Fsp3) is 0.211. The average molecular weight is 407 g/mol. The summed E-state index contributed by atoms with van der Waals surface area (Å²) in [6.45, 7) is -0.112. The van der Waals surface area contributed by atoms with Crippen molar-refractivity contribution in [2.75, 3.05) is 0 Å². The molecule has 0 aliphatic heterocycles. The van der Waals surface area contributed by atoms with Gasteiger partial charge in [0.05, 0.1) is 18.8 Å². The first-order chi connectivity index (χ1) is 14.6. The third-order valence-corrected chi connectivity index (χ3v) is 4.53. The molecular weight excluding hydrogens is 390 g/mol. The van der Waals surface area contributed by atoms with E-state index in [1.807, 2.05) is 0 Å². The molecule has 11 nitrogen and oxygen atoms in total. The first kappa shape index (κ1) is 18.1. The zero-order chi connectivity index (χ0) is 20.7. The molecule has 30 heavy (non-hydrogen) atoms. The number of aliphatic hydroxyl groups is 1. The van der Waals surface area contributed by atoms with Gasteiger partial charge in [-0.25, -0.2) is 9.79 Å². The molecule has 0 unspecified atom stereocenters. The van der Waals surface area contributed by atoms with Crippen molar-refractivity contribution in [3.63, 3.8) is 0 Å². The molecule has 5 rings (SSSR count). The Kier molecular flexibility index (Phi) is 4.29. The van der Waals surface area contributed by atoms with E-state index in [9.17, 15) is 15.0 Å². The Hall–Kier alpha value is -3.99. The molecule has 0 saturated heterocycles. The van der Waals surface area contributed by atoms with Crippen molar-refractivity contribution in [1.82, 2.24) is 29.5 Å². The van der Waals surface area contributed by atoms with Crippen molar-refractivity contribution >= 4 is 11.7 Å². The van der Waals surface area contributed by atoms with Gasteiger partial charge < -0.3 is 19.9 Å². The summed E-state index contributed by atoms with van der Waals surface area (Å²) in [5.41, 5.74) is 1.12. The second kappa shape index (κ2) is 7.12. The molecule has 11 heteroatoms. The summed E-state index contributed by atoms with van der Waals surface area (Å²) in [5.74, 6) is 0.189. The van der Waals surface area contributed by atoms with Gasteiger partial charge in [-0.3, -0.25) is 4.98 Å². The highest BCUT2D eigenvalue weighted by Gasteiger charge is 2.21. The highest BCUT2D eigenvalue weighted by Crippen LogP contribution is 2.23. The summed E-state index contributed by atoms with van der Waals surface area (Å²) in [6.07, 6.45) is 5.05. The number of hydrogen-bond acceptors (Lipinski definition) is 8. The molecule has 0 atom stereocenters. The molecule has 4 aromatic rings. The van der Waals surface area contributed by atoms with Crippen molar-refractivity contribution in [2.24, 2.45) is 4.99 Å². The van der Waals surface area contributed by atoms with E-state index < -0.39 is 5.69 Å². The van der Waals surface area contributed by atoms with Gasteiger partial charge in [-0.2, -0.15) is 19.6 Å². The Morgan fingerprint density at radius 1 is 1.30 bits per heavy atom. The monoisotopic (exact) mass is 407 g/mol. The molecule has 1 saturated carbocycles. The predicted molar refractivity (Wildman–Crippen MR) is 104 cm³/mol. The van der Waals surface area contributed by atoms with E-state index in [1.54, 1.807) is 30.3 Å². The molecule has 0 spiro atoms. The Balaban J connectivity index is 1.66. The summed E-state index contributed by atoms with van der Waals surface area (Å²) >= 11 is 0. The van der Waals surface area contributed by atoms with Crippen LogP contribution in [0.3, 0.4) is 0 Å². The number of imidazole rings is 1. The summed E-state index contributed by atoms with van der Waals surface area (Å²) < 4.78 is 7.30. The Morgan fingerprint density at radius 2 is 2.17 bits per heavy atom. The summed E-state index contributed by atoms with van der Waals surface area (Å²) in [4.78, 5) is 29.6. The van der Waals surface area contributed by atoms with Crippen molar-refractivity contribution in [3.8, 4) is 17.6 Å². The van der Waals surface area contributed by atoms with Gasteiger partial charge in [0.2, 0.25) is 5.88 Å². The zero-order valence-electron chi connectivity index (χ0n) is 15.6. The average Bonchev–Trinajstić information content (AvgIpc) is 3.37. The van der Waals surface area contributed by atoms with Crippen LogP contribution in [0.4, 0.5) is 0 Å². The van der Waals surface area contributed by atoms with Crippen LogP contribution in [0.5, 0.6) is 17.6 Å². The normalized spacial score (nSPS) is 15.2. The molecule has 1 aliphatic carbocycles. The Bertz CT molecular complexity index is 1410. The van der Waals surface area contributed by atoms with Gasteiger partial charge in [-0.15, -0.1) is 0 Å². The minimum atomic E-state index is -0.526. The topological polar surface area (TPSA) is 154 Å². The molecule has 0 radical (unpaired) electrons. The molecule has 1 aliphatic rings. The molecule has 0 amide bonds. The first-order valence-corrected chi connectivity index (χ1v) is 9.29. The number of aromatic amines is 2. The second-order valence-electron chi connectivity index (χ2n) is 6.90. The number of aromatic nitrogens is 6. The number of hydrogen-bond donors (Lipinski definition) is 4. The Labute approximate surface area is 168 Å². The zero-order valence-corrected chi connectivity index (χ0v) is 15.6. The molecule has 152 valence electrons. The van der Waals surface area contributed by atoms with E-state index in [4.69, 9.17) is 4.74 Å². The fourth-order valence-corrected chi connectivity index (χ4v) is 2.92. The number of aliphatic hydroxyl groups excluding tert-OH is 1. The van der Waals surface area contributed by atoms with Crippen LogP contribution in [-0.4, -0.2) is 45.8 Å². The standard InChI is InChI=1S/C19H17N7O4/c27-9-10-2-1-3-13(6-10)30-19-23-15-11(7-14-16(28)24-18(29)22-14)8-20-26(15)17(25-19)21-12-4-5-12/h1-3,6-8,12,27-28H,4-5,9H2,(H2,22,24,29). The molecule has 3 aromatic heterocycles. The number of fused-ring (bicyclic) bond motifs is 1. The highest BCUT2D eigenvalue weighted by molar-refractivity contribution is 5.56. The second-order valence-corrected chi connectivity index (χ2v) is 6.90. The van der Waals surface area contributed by atoms with Crippen LogP contribution in [0.2, 0.25) is 0 Å². The largest absolute Gasteiger partial charge is 0.493 e. The smallest absolute Gasteiger partial charge is 0.327 e. The van der Waals surface area contributed by atoms with Gasteiger partial charge in [0.25, 0.3) is 5.62 Å². The quantitative estimate of drug-likeness (QED) is 0.355. The third kappa shape index (κ3) is 3.53. The number of ether oxygens (including phenoxy) is 1. The van der Waals surface area contributed by atoms with Crippen LogP contribution >= 0.6 is 0 Å². The fourth-order valence-electron chi connectivity index (χ4n) is 2.92. The van der Waals surface area contributed by atoms with Crippen LogP contribution in [-0.2, 0) is 6.61 Å². The van der Waals surface area contributed by atoms with Gasteiger partial charge in [-0.05, 0) is 36.6 Å². The third-order valence-electron chi connectivity index (χ3n) is 4.53. The maximum atomic E-state index is 11.4. The first-order valence-electron chi connectivity index (χ1n) is 9.29. The summed E-state index contributed by atoms with van der Waals surface area (Å²) in [6, 6.07) is 7.22. The van der Waals surface area contributed by atoms with Gasteiger partial charge in [0.15, 0.2) is 5.65 Å². The number of aromatic hydroxyl groups is 1. The Morgan fingerprint density at radius 3 is 2.90 bits per heavy atom. The molecule has 1 aromatic carbocycles. The number of nitrogens with one attached hydrogen (secondary N) is 2. The SMILES string of the molecule is O=c1[nH]c(O)c(C=c2cnn3c(=NC4CC4)nc(Oc4cccc(CO)c4)nc23)[nH]1. The maximum absolute atomic E-state index is 11.4. The molecular formula is C19H17N7O4. The van der Waals surface area contributed by atoms with Crippen molar-refractivity contribution in [2.45, 2.75) is 25.5 Å². The van der Waals surface area contributed by atoms with E-state index in [0.717, 1.165) is 12.8 Å².